The van der Waals surface area contributed by atoms with Crippen molar-refractivity contribution in [2.24, 2.45) is 16.6 Å². The molecule has 106 valence electrons. The number of rotatable bonds is 5. The molecule has 0 unspecified atom stereocenters. The van der Waals surface area contributed by atoms with Gasteiger partial charge in [-0.1, -0.05) is 12.7 Å². The van der Waals surface area contributed by atoms with Crippen molar-refractivity contribution in [1.29, 1.82) is 0 Å². The molecular weight excluding hydrogens is 240 g/mol. The van der Waals surface area contributed by atoms with Crippen LogP contribution in [0, 0.1) is 5.92 Å². The first kappa shape index (κ1) is 15.4. The molecule has 1 rings (SSSR count). The predicted molar refractivity (Wildman–Crippen MR) is 78.8 cm³/mol. The van der Waals surface area contributed by atoms with E-state index in [4.69, 9.17) is 5.73 Å². The molecule has 5 heteroatoms. The first-order valence-electron chi connectivity index (χ1n) is 6.64. The molecule has 0 aromatic rings. The van der Waals surface area contributed by atoms with Crippen LogP contribution in [0.3, 0.4) is 0 Å². The Labute approximate surface area is 115 Å². The zero-order chi connectivity index (χ0) is 14.3. The van der Waals surface area contributed by atoms with Crippen LogP contribution in [0.1, 0.15) is 19.8 Å². The fraction of sp³-hybridized carbons (Fsp3) is 0.571. The van der Waals surface area contributed by atoms with Crippen LogP contribution in [0.15, 0.2) is 29.0 Å². The number of nitrogens with zero attached hydrogens (tertiary/aromatic N) is 2. The van der Waals surface area contributed by atoms with E-state index in [2.05, 4.69) is 21.8 Å². The number of nitrogens with one attached hydrogen (secondary N) is 1. The summed E-state index contributed by atoms with van der Waals surface area (Å²) in [6, 6.07) is 0. The molecule has 1 amide bonds. The highest BCUT2D eigenvalue weighted by Crippen LogP contribution is 2.17. The Hall–Kier alpha value is -1.62. The van der Waals surface area contributed by atoms with Gasteiger partial charge < -0.3 is 11.1 Å². The number of carbonyl (C=O) groups excluding carboxylic acids is 1. The lowest BCUT2D eigenvalue weighted by Crippen LogP contribution is -2.40. The Balaban J connectivity index is 2.43. The monoisotopic (exact) mass is 264 g/mol. The molecule has 0 atom stereocenters. The van der Waals surface area contributed by atoms with Gasteiger partial charge in [-0.3, -0.25) is 9.69 Å². The van der Waals surface area contributed by atoms with E-state index in [-0.39, 0.29) is 11.8 Å². The first-order chi connectivity index (χ1) is 9.06. The van der Waals surface area contributed by atoms with Crippen LogP contribution < -0.4 is 11.1 Å². The van der Waals surface area contributed by atoms with E-state index in [1.54, 1.807) is 13.3 Å². The highest BCUT2D eigenvalue weighted by molar-refractivity contribution is 5.80. The van der Waals surface area contributed by atoms with Crippen molar-refractivity contribution in [3.05, 3.63) is 24.0 Å². The second-order valence-electron chi connectivity index (χ2n) is 4.78. The van der Waals surface area contributed by atoms with Crippen molar-refractivity contribution >= 4 is 12.1 Å². The number of allylic oxidation sites excluding steroid dienone is 1. The van der Waals surface area contributed by atoms with E-state index in [0.29, 0.717) is 5.82 Å². The highest BCUT2D eigenvalue weighted by atomic mass is 16.1. The molecule has 0 radical (unpaired) electrons. The minimum Gasteiger partial charge on any atom is -0.384 e. The van der Waals surface area contributed by atoms with Crippen molar-refractivity contribution in [2.45, 2.75) is 19.8 Å². The summed E-state index contributed by atoms with van der Waals surface area (Å²) in [6.45, 7) is 8.24. The van der Waals surface area contributed by atoms with Gasteiger partial charge in [0.25, 0.3) is 0 Å². The van der Waals surface area contributed by atoms with Gasteiger partial charge in [0.05, 0.1) is 0 Å². The molecule has 1 fully saturated rings. The number of amides is 1. The second kappa shape index (κ2) is 7.74. The Kier molecular flexibility index (Phi) is 6.29. The van der Waals surface area contributed by atoms with Crippen LogP contribution in [0.25, 0.3) is 0 Å². The van der Waals surface area contributed by atoms with Gasteiger partial charge in [-0.15, -0.1) is 0 Å². The third kappa shape index (κ3) is 5.26. The molecule has 0 spiro atoms. The first-order valence-corrected chi connectivity index (χ1v) is 6.64. The summed E-state index contributed by atoms with van der Waals surface area (Å²) in [5.41, 5.74) is 6.53. The van der Waals surface area contributed by atoms with E-state index in [1.165, 1.54) is 0 Å². The van der Waals surface area contributed by atoms with Crippen molar-refractivity contribution in [1.82, 2.24) is 10.2 Å². The zero-order valence-corrected chi connectivity index (χ0v) is 11.9. The van der Waals surface area contributed by atoms with Gasteiger partial charge in [-0.05, 0) is 38.4 Å². The topological polar surface area (TPSA) is 70.7 Å². The fourth-order valence-corrected chi connectivity index (χ4v) is 2.19. The normalized spacial score (nSPS) is 18.7. The number of hydrogen-bond acceptors (Lipinski definition) is 4. The molecule has 19 heavy (non-hydrogen) atoms. The molecule has 0 aromatic heterocycles. The summed E-state index contributed by atoms with van der Waals surface area (Å²) >= 11 is 0. The average Bonchev–Trinajstić information content (AvgIpc) is 2.43. The van der Waals surface area contributed by atoms with Crippen molar-refractivity contribution in [3.63, 3.8) is 0 Å². The quantitative estimate of drug-likeness (QED) is 0.725. The number of hydrogen-bond donors (Lipinski definition) is 2. The van der Waals surface area contributed by atoms with Gasteiger partial charge in [-0.2, -0.15) is 0 Å². The molecule has 0 aliphatic carbocycles. The molecule has 1 saturated heterocycles. The van der Waals surface area contributed by atoms with E-state index >= 15 is 0 Å². The fourth-order valence-electron chi connectivity index (χ4n) is 2.19. The summed E-state index contributed by atoms with van der Waals surface area (Å²) in [5, 5.41) is 2.72. The molecule has 1 heterocycles. The Morgan fingerprint density at radius 2 is 2.16 bits per heavy atom. The summed E-state index contributed by atoms with van der Waals surface area (Å²) in [5.74, 6) is 0.636. The third-order valence-electron chi connectivity index (χ3n) is 3.38. The lowest BCUT2D eigenvalue weighted by Gasteiger charge is -2.31. The SMILES string of the molecule is C=C(N)N=C/C(=C\C)CN1CCC(C(=O)NC)CC1. The molecule has 1 aliphatic rings. The Morgan fingerprint density at radius 1 is 1.53 bits per heavy atom. The maximum atomic E-state index is 11.5. The van der Waals surface area contributed by atoms with Gasteiger partial charge >= 0.3 is 0 Å². The van der Waals surface area contributed by atoms with Crippen LogP contribution in [-0.4, -0.2) is 43.7 Å². The van der Waals surface area contributed by atoms with Gasteiger partial charge in [0.15, 0.2) is 0 Å². The molecule has 3 N–H and O–H groups in total. The van der Waals surface area contributed by atoms with Gasteiger partial charge in [0.2, 0.25) is 5.91 Å². The molecule has 0 saturated carbocycles. The number of nitrogens with two attached hydrogens (primary N) is 1. The lowest BCUT2D eigenvalue weighted by atomic mass is 9.95. The standard InChI is InChI=1S/C14H24N4O/c1-4-12(9-17-11(2)15)10-18-7-5-13(6-8-18)14(19)16-3/h4,9,13H,2,5-8,10,15H2,1,3H3,(H,16,19)/b12-4+,17-9?. The third-order valence-corrected chi connectivity index (χ3v) is 3.38. The number of carbonyl (C=O) groups is 1. The molecule has 0 aromatic carbocycles. The van der Waals surface area contributed by atoms with Crippen molar-refractivity contribution in [3.8, 4) is 0 Å². The lowest BCUT2D eigenvalue weighted by molar-refractivity contribution is -0.125. The van der Waals surface area contributed by atoms with Gasteiger partial charge in [0.1, 0.15) is 5.82 Å². The molecule has 0 bridgehead atoms. The van der Waals surface area contributed by atoms with Crippen LogP contribution in [0.2, 0.25) is 0 Å². The minimum absolute atomic E-state index is 0.159. The van der Waals surface area contributed by atoms with Crippen LogP contribution in [0.5, 0.6) is 0 Å². The Bertz CT molecular complexity index is 379. The van der Waals surface area contributed by atoms with E-state index in [9.17, 15) is 4.79 Å². The largest absolute Gasteiger partial charge is 0.384 e. The average molecular weight is 264 g/mol. The smallest absolute Gasteiger partial charge is 0.222 e. The summed E-state index contributed by atoms with van der Waals surface area (Å²) < 4.78 is 0. The van der Waals surface area contributed by atoms with Gasteiger partial charge in [-0.25, -0.2) is 4.99 Å². The Morgan fingerprint density at radius 3 is 2.63 bits per heavy atom. The zero-order valence-electron chi connectivity index (χ0n) is 11.9. The maximum absolute atomic E-state index is 11.5. The summed E-state index contributed by atoms with van der Waals surface area (Å²) in [6.07, 6.45) is 5.61. The summed E-state index contributed by atoms with van der Waals surface area (Å²) in [7, 11) is 1.70. The summed E-state index contributed by atoms with van der Waals surface area (Å²) in [4.78, 5) is 17.9. The van der Waals surface area contributed by atoms with Crippen molar-refractivity contribution < 1.29 is 4.79 Å². The van der Waals surface area contributed by atoms with E-state index in [0.717, 1.165) is 38.0 Å². The van der Waals surface area contributed by atoms with E-state index < -0.39 is 0 Å². The minimum atomic E-state index is 0.159. The maximum Gasteiger partial charge on any atom is 0.222 e. The second-order valence-corrected chi connectivity index (χ2v) is 4.78. The van der Waals surface area contributed by atoms with Crippen molar-refractivity contribution in [2.75, 3.05) is 26.7 Å². The van der Waals surface area contributed by atoms with Crippen LogP contribution >= 0.6 is 0 Å². The highest BCUT2D eigenvalue weighted by Gasteiger charge is 2.24. The van der Waals surface area contributed by atoms with Crippen LogP contribution in [0.4, 0.5) is 0 Å². The number of aliphatic imine (C=N–C) groups is 1. The van der Waals surface area contributed by atoms with Crippen LogP contribution in [-0.2, 0) is 4.79 Å². The number of likely N-dealkylation sites (tertiary alicyclic amines) is 1. The number of piperidine rings is 1. The van der Waals surface area contributed by atoms with Gasteiger partial charge in [0, 0.05) is 25.7 Å². The molecule has 5 nitrogen and oxygen atoms in total. The molecule has 1 aliphatic heterocycles. The van der Waals surface area contributed by atoms with E-state index in [1.807, 2.05) is 13.0 Å². The molecular formula is C14H24N4O. The predicted octanol–water partition coefficient (Wildman–Crippen LogP) is 0.891.